The molecule has 1 aromatic carbocycles. The van der Waals surface area contributed by atoms with Gasteiger partial charge in [-0.25, -0.2) is 0 Å². The van der Waals surface area contributed by atoms with E-state index in [2.05, 4.69) is 0 Å². The maximum atomic E-state index is 12.4. The molecule has 0 saturated carbocycles. The molecule has 1 aliphatic rings. The molecule has 2 amide bonds. The monoisotopic (exact) mass is 290 g/mol. The van der Waals surface area contributed by atoms with Gasteiger partial charge in [0, 0.05) is 49.0 Å². The van der Waals surface area contributed by atoms with Gasteiger partial charge in [0.15, 0.2) is 0 Å². The van der Waals surface area contributed by atoms with Gasteiger partial charge in [-0.2, -0.15) is 0 Å². The molecular weight excluding hydrogens is 268 g/mol. The molecule has 6 nitrogen and oxygen atoms in total. The van der Waals surface area contributed by atoms with Crippen molar-refractivity contribution < 1.29 is 9.59 Å². The lowest BCUT2D eigenvalue weighted by molar-refractivity contribution is -0.135. The Morgan fingerprint density at radius 1 is 0.952 bits per heavy atom. The molecule has 1 heterocycles. The summed E-state index contributed by atoms with van der Waals surface area (Å²) in [5.74, 6) is 0.0296. The highest BCUT2D eigenvalue weighted by molar-refractivity contribution is 5.96. The fourth-order valence-electron chi connectivity index (χ4n) is 2.48. The Balaban J connectivity index is 2.02. The zero-order valence-corrected chi connectivity index (χ0v) is 12.5. The minimum atomic E-state index is -0.0920. The zero-order chi connectivity index (χ0) is 15.6. The third kappa shape index (κ3) is 3.45. The van der Waals surface area contributed by atoms with Gasteiger partial charge < -0.3 is 21.3 Å². The van der Waals surface area contributed by atoms with Gasteiger partial charge >= 0.3 is 0 Å². The molecule has 0 aromatic heterocycles. The van der Waals surface area contributed by atoms with Crippen LogP contribution in [0.15, 0.2) is 18.2 Å². The van der Waals surface area contributed by atoms with Gasteiger partial charge in [-0.05, 0) is 18.2 Å². The van der Waals surface area contributed by atoms with Crippen LogP contribution in [0.1, 0.15) is 24.2 Å². The van der Waals surface area contributed by atoms with Crippen LogP contribution in [0.25, 0.3) is 0 Å². The molecule has 0 atom stereocenters. The second-order valence-corrected chi connectivity index (χ2v) is 5.66. The minimum absolute atomic E-state index is 0.0130. The smallest absolute Gasteiger partial charge is 0.254 e. The van der Waals surface area contributed by atoms with E-state index in [1.165, 1.54) is 0 Å². The van der Waals surface area contributed by atoms with Gasteiger partial charge in [-0.15, -0.1) is 0 Å². The van der Waals surface area contributed by atoms with Gasteiger partial charge in [0.05, 0.1) is 0 Å². The first kappa shape index (κ1) is 15.2. The summed E-state index contributed by atoms with van der Waals surface area (Å²) in [6.45, 7) is 5.98. The number of nitrogens with two attached hydrogens (primary N) is 2. The largest absolute Gasteiger partial charge is 0.399 e. The molecule has 6 heteroatoms. The summed E-state index contributed by atoms with van der Waals surface area (Å²) in [4.78, 5) is 27.9. The van der Waals surface area contributed by atoms with E-state index in [4.69, 9.17) is 11.5 Å². The van der Waals surface area contributed by atoms with Crippen molar-refractivity contribution in [1.82, 2.24) is 9.80 Å². The lowest BCUT2D eigenvalue weighted by Gasteiger charge is -2.35. The Morgan fingerprint density at radius 3 is 1.90 bits per heavy atom. The number of carbonyl (C=O) groups is 2. The van der Waals surface area contributed by atoms with Gasteiger partial charge in [0.2, 0.25) is 5.91 Å². The van der Waals surface area contributed by atoms with Crippen molar-refractivity contribution in [2.45, 2.75) is 13.8 Å². The second-order valence-electron chi connectivity index (χ2n) is 5.66. The van der Waals surface area contributed by atoms with E-state index in [0.717, 1.165) is 0 Å². The van der Waals surface area contributed by atoms with Gasteiger partial charge in [0.25, 0.3) is 5.91 Å². The summed E-state index contributed by atoms with van der Waals surface area (Å²) in [6.07, 6.45) is 0. The number of anilines is 2. The highest BCUT2D eigenvalue weighted by Crippen LogP contribution is 2.17. The summed E-state index contributed by atoms with van der Waals surface area (Å²) in [7, 11) is 0. The molecule has 0 radical (unpaired) electrons. The number of hydrogen-bond acceptors (Lipinski definition) is 4. The van der Waals surface area contributed by atoms with Crippen molar-refractivity contribution >= 4 is 23.2 Å². The molecule has 21 heavy (non-hydrogen) atoms. The van der Waals surface area contributed by atoms with Crippen LogP contribution in [0, 0.1) is 5.92 Å². The molecule has 0 unspecified atom stereocenters. The molecule has 2 rings (SSSR count). The Labute approximate surface area is 124 Å². The highest BCUT2D eigenvalue weighted by atomic mass is 16.2. The normalized spacial score (nSPS) is 15.4. The number of hydrogen-bond donors (Lipinski definition) is 2. The molecule has 1 fully saturated rings. The fourth-order valence-corrected chi connectivity index (χ4v) is 2.48. The number of benzene rings is 1. The van der Waals surface area contributed by atoms with E-state index in [1.807, 2.05) is 18.7 Å². The molecule has 114 valence electrons. The lowest BCUT2D eigenvalue weighted by Crippen LogP contribution is -2.51. The van der Waals surface area contributed by atoms with E-state index >= 15 is 0 Å². The number of piperazine rings is 1. The first-order valence-electron chi connectivity index (χ1n) is 7.12. The number of nitrogens with zero attached hydrogens (tertiary/aromatic N) is 2. The average molecular weight is 290 g/mol. The van der Waals surface area contributed by atoms with Crippen LogP contribution < -0.4 is 11.5 Å². The van der Waals surface area contributed by atoms with E-state index < -0.39 is 0 Å². The molecule has 1 aromatic rings. The molecule has 4 N–H and O–H groups in total. The number of nitrogen functional groups attached to an aromatic ring is 2. The second kappa shape index (κ2) is 6.03. The Bertz CT molecular complexity index is 528. The van der Waals surface area contributed by atoms with Crippen LogP contribution in [-0.4, -0.2) is 47.8 Å². The van der Waals surface area contributed by atoms with Gasteiger partial charge in [-0.3, -0.25) is 9.59 Å². The Kier molecular flexibility index (Phi) is 4.35. The van der Waals surface area contributed by atoms with E-state index in [-0.39, 0.29) is 17.7 Å². The van der Waals surface area contributed by atoms with Crippen molar-refractivity contribution in [3.63, 3.8) is 0 Å². The van der Waals surface area contributed by atoms with Crippen molar-refractivity contribution in [3.05, 3.63) is 23.8 Å². The van der Waals surface area contributed by atoms with E-state index in [1.54, 1.807) is 23.1 Å². The van der Waals surface area contributed by atoms with E-state index in [0.29, 0.717) is 43.1 Å². The van der Waals surface area contributed by atoms with Crippen LogP contribution >= 0.6 is 0 Å². The van der Waals surface area contributed by atoms with E-state index in [9.17, 15) is 9.59 Å². The predicted octanol–water partition coefficient (Wildman–Crippen LogP) is 0.791. The molecule has 0 aliphatic carbocycles. The summed E-state index contributed by atoms with van der Waals surface area (Å²) >= 11 is 0. The summed E-state index contributed by atoms with van der Waals surface area (Å²) in [5.41, 5.74) is 12.9. The van der Waals surface area contributed by atoms with Crippen molar-refractivity contribution in [1.29, 1.82) is 0 Å². The topological polar surface area (TPSA) is 92.7 Å². The summed E-state index contributed by atoms with van der Waals surface area (Å²) in [6, 6.07) is 4.88. The predicted molar refractivity (Wildman–Crippen MR) is 82.6 cm³/mol. The van der Waals surface area contributed by atoms with Crippen molar-refractivity contribution in [2.24, 2.45) is 5.92 Å². The quantitative estimate of drug-likeness (QED) is 0.788. The van der Waals surface area contributed by atoms with Crippen molar-refractivity contribution in [3.8, 4) is 0 Å². The standard InChI is InChI=1S/C15H22N4O2/c1-10(2)14(20)18-3-5-19(6-4-18)15(21)11-7-12(16)9-13(17)8-11/h7-10H,3-6,16-17H2,1-2H3. The lowest BCUT2D eigenvalue weighted by atomic mass is 10.1. The maximum absolute atomic E-state index is 12.4. The van der Waals surface area contributed by atoms with Gasteiger partial charge in [-0.1, -0.05) is 13.8 Å². The molecule has 0 bridgehead atoms. The fraction of sp³-hybridized carbons (Fsp3) is 0.467. The van der Waals surface area contributed by atoms with Crippen LogP contribution in [0.5, 0.6) is 0 Å². The summed E-state index contributed by atoms with van der Waals surface area (Å²) in [5, 5.41) is 0. The Morgan fingerprint density at radius 2 is 1.43 bits per heavy atom. The van der Waals surface area contributed by atoms with Crippen LogP contribution in [0.3, 0.4) is 0 Å². The SMILES string of the molecule is CC(C)C(=O)N1CCN(C(=O)c2cc(N)cc(N)c2)CC1. The maximum Gasteiger partial charge on any atom is 0.254 e. The Hall–Kier alpha value is -2.24. The minimum Gasteiger partial charge on any atom is -0.399 e. The van der Waals surface area contributed by atoms with Crippen LogP contribution in [0.4, 0.5) is 11.4 Å². The third-order valence-electron chi connectivity index (χ3n) is 3.60. The molecule has 1 saturated heterocycles. The molecular formula is C15H22N4O2. The summed E-state index contributed by atoms with van der Waals surface area (Å²) < 4.78 is 0. The van der Waals surface area contributed by atoms with Crippen LogP contribution in [-0.2, 0) is 4.79 Å². The van der Waals surface area contributed by atoms with Crippen LogP contribution in [0.2, 0.25) is 0 Å². The number of carbonyl (C=O) groups excluding carboxylic acids is 2. The number of rotatable bonds is 2. The van der Waals surface area contributed by atoms with Crippen molar-refractivity contribution in [2.75, 3.05) is 37.6 Å². The zero-order valence-electron chi connectivity index (χ0n) is 12.5. The first-order valence-corrected chi connectivity index (χ1v) is 7.12. The third-order valence-corrected chi connectivity index (χ3v) is 3.60. The number of amides is 2. The molecule has 0 spiro atoms. The molecule has 1 aliphatic heterocycles. The van der Waals surface area contributed by atoms with Gasteiger partial charge in [0.1, 0.15) is 0 Å². The average Bonchev–Trinajstić information content (AvgIpc) is 2.44. The first-order chi connectivity index (χ1) is 9.88. The highest BCUT2D eigenvalue weighted by Gasteiger charge is 2.26.